The zero-order valence-electron chi connectivity index (χ0n) is 5.43. The number of rotatable bonds is 5. The minimum Gasteiger partial charge on any atom is -0.394 e. The third kappa shape index (κ3) is 5.79. The van der Waals surface area contributed by atoms with Crippen LogP contribution in [0.1, 0.15) is 0 Å². The van der Waals surface area contributed by atoms with Crippen molar-refractivity contribution in [2.45, 2.75) is 0 Å². The van der Waals surface area contributed by atoms with Crippen LogP contribution in [0.5, 0.6) is 0 Å². The third-order valence-electron chi connectivity index (χ3n) is 0.552. The second kappa shape index (κ2) is 5.07. The van der Waals surface area contributed by atoms with Crippen molar-refractivity contribution in [1.82, 2.24) is 5.48 Å². The van der Waals surface area contributed by atoms with Gasteiger partial charge in [-0.25, -0.2) is 4.57 Å². The zero-order chi connectivity index (χ0) is 8.74. The SMILES string of the molecule is N#CNOP(=O)(O)OCCO. The van der Waals surface area contributed by atoms with E-state index in [1.807, 2.05) is 0 Å². The molecule has 0 saturated carbocycles. The highest BCUT2D eigenvalue weighted by molar-refractivity contribution is 7.47. The molecule has 0 aromatic carbocycles. The zero-order valence-corrected chi connectivity index (χ0v) is 6.32. The Morgan fingerprint density at radius 3 is 2.82 bits per heavy atom. The molecule has 0 bridgehead atoms. The van der Waals surface area contributed by atoms with E-state index in [9.17, 15) is 4.57 Å². The van der Waals surface area contributed by atoms with Crippen LogP contribution in [0.2, 0.25) is 0 Å². The second-order valence-electron chi connectivity index (χ2n) is 1.33. The molecule has 0 aromatic rings. The molecule has 8 heteroatoms. The van der Waals surface area contributed by atoms with Gasteiger partial charge in [0.25, 0.3) is 0 Å². The lowest BCUT2D eigenvalue weighted by molar-refractivity contribution is 0.102. The lowest BCUT2D eigenvalue weighted by atomic mass is 10.8. The van der Waals surface area contributed by atoms with E-state index in [0.29, 0.717) is 0 Å². The topological polar surface area (TPSA) is 112 Å². The summed E-state index contributed by atoms with van der Waals surface area (Å²) in [7, 11) is -4.22. The molecule has 7 nitrogen and oxygen atoms in total. The van der Waals surface area contributed by atoms with E-state index in [0.717, 1.165) is 0 Å². The maximum absolute atomic E-state index is 10.5. The van der Waals surface area contributed by atoms with Gasteiger partial charge in [-0.3, -0.25) is 4.52 Å². The lowest BCUT2D eigenvalue weighted by Crippen LogP contribution is -2.07. The van der Waals surface area contributed by atoms with Crippen molar-refractivity contribution in [3.63, 3.8) is 0 Å². The van der Waals surface area contributed by atoms with Gasteiger partial charge in [0.15, 0.2) is 0 Å². The van der Waals surface area contributed by atoms with Gasteiger partial charge < -0.3 is 10.00 Å². The summed E-state index contributed by atoms with van der Waals surface area (Å²) in [4.78, 5) is 8.56. The fourth-order valence-corrected chi connectivity index (χ4v) is 0.782. The maximum Gasteiger partial charge on any atom is 0.494 e. The number of nitrogens with one attached hydrogen (secondary N) is 1. The molecule has 1 unspecified atom stereocenters. The predicted molar refractivity (Wildman–Crippen MR) is 32.7 cm³/mol. The van der Waals surface area contributed by atoms with Gasteiger partial charge in [-0.1, -0.05) is 0 Å². The van der Waals surface area contributed by atoms with Crippen molar-refractivity contribution in [3.8, 4) is 6.19 Å². The van der Waals surface area contributed by atoms with Crippen LogP contribution in [-0.4, -0.2) is 23.2 Å². The van der Waals surface area contributed by atoms with Gasteiger partial charge in [0, 0.05) is 0 Å². The Morgan fingerprint density at radius 1 is 1.73 bits per heavy atom. The van der Waals surface area contributed by atoms with Crippen LogP contribution in [0.3, 0.4) is 0 Å². The summed E-state index contributed by atoms with van der Waals surface area (Å²) < 4.78 is 18.5. The highest BCUT2D eigenvalue weighted by Crippen LogP contribution is 2.41. The molecule has 0 aliphatic rings. The number of phosphoric acid groups is 1. The molecule has 0 spiro atoms. The fraction of sp³-hybridized carbons (Fsp3) is 0.667. The summed E-state index contributed by atoms with van der Waals surface area (Å²) in [6.45, 7) is -0.735. The summed E-state index contributed by atoms with van der Waals surface area (Å²) in [5.41, 5.74) is 1.48. The smallest absolute Gasteiger partial charge is 0.394 e. The molecule has 0 fully saturated rings. The van der Waals surface area contributed by atoms with Gasteiger partial charge in [0.2, 0.25) is 6.19 Å². The number of nitrogens with zero attached hydrogens (tertiary/aromatic N) is 1. The molecule has 0 amide bonds. The lowest BCUT2D eigenvalue weighted by Gasteiger charge is -2.07. The van der Waals surface area contributed by atoms with E-state index in [1.165, 1.54) is 11.7 Å². The van der Waals surface area contributed by atoms with E-state index in [1.54, 1.807) is 0 Å². The molecule has 64 valence electrons. The minimum atomic E-state index is -4.22. The van der Waals surface area contributed by atoms with Gasteiger partial charge in [-0.2, -0.15) is 15.4 Å². The minimum absolute atomic E-state index is 0.332. The molecule has 0 aromatic heterocycles. The monoisotopic (exact) mass is 182 g/mol. The Labute approximate surface area is 62.7 Å². The first-order valence-corrected chi connectivity index (χ1v) is 4.03. The molecule has 3 N–H and O–H groups in total. The number of nitriles is 1. The highest BCUT2D eigenvalue weighted by atomic mass is 31.2. The summed E-state index contributed by atoms with van der Waals surface area (Å²) in [5.74, 6) is 0. The normalized spacial score (nSPS) is 15.0. The van der Waals surface area contributed by atoms with Gasteiger partial charge in [-0.15, -0.1) is 0 Å². The van der Waals surface area contributed by atoms with Crippen molar-refractivity contribution >= 4 is 7.82 Å². The first kappa shape index (κ1) is 10.4. The number of hydrogen-bond acceptors (Lipinski definition) is 6. The van der Waals surface area contributed by atoms with E-state index in [4.69, 9.17) is 15.3 Å². The van der Waals surface area contributed by atoms with Crippen LogP contribution < -0.4 is 5.48 Å². The number of aliphatic hydroxyl groups excluding tert-OH is 1. The standard InChI is InChI=1S/C3H7N2O5P/c4-3-5-10-11(7,8)9-2-1-6/h5-6H,1-2H2,(H,7,8). The van der Waals surface area contributed by atoms with Crippen LogP contribution >= 0.6 is 7.82 Å². The van der Waals surface area contributed by atoms with Crippen molar-refractivity contribution in [2.24, 2.45) is 0 Å². The third-order valence-corrected chi connectivity index (χ3v) is 1.38. The van der Waals surface area contributed by atoms with Crippen LogP contribution in [0.25, 0.3) is 0 Å². The molecule has 0 aliphatic heterocycles. The molecule has 0 heterocycles. The largest absolute Gasteiger partial charge is 0.494 e. The average Bonchev–Trinajstić information content (AvgIpc) is 1.97. The van der Waals surface area contributed by atoms with Crippen molar-refractivity contribution in [1.29, 1.82) is 5.26 Å². The van der Waals surface area contributed by atoms with E-state index in [-0.39, 0.29) is 6.61 Å². The summed E-state index contributed by atoms with van der Waals surface area (Å²) >= 11 is 0. The molecule has 0 aliphatic carbocycles. The van der Waals surface area contributed by atoms with Crippen molar-refractivity contribution in [2.75, 3.05) is 13.2 Å². The van der Waals surface area contributed by atoms with Crippen molar-refractivity contribution < 1.29 is 23.7 Å². The number of hydrogen-bond donors (Lipinski definition) is 3. The van der Waals surface area contributed by atoms with Gasteiger partial charge in [-0.05, 0) is 0 Å². The molecule has 1 atom stereocenters. The fourth-order valence-electron chi connectivity index (χ4n) is 0.261. The first-order valence-electron chi connectivity index (χ1n) is 2.53. The quantitative estimate of drug-likeness (QED) is 0.218. The molecular weight excluding hydrogens is 175 g/mol. The van der Waals surface area contributed by atoms with E-state index in [2.05, 4.69) is 9.15 Å². The Morgan fingerprint density at radius 2 is 2.36 bits per heavy atom. The van der Waals surface area contributed by atoms with Crippen LogP contribution in [-0.2, 0) is 13.7 Å². The highest BCUT2D eigenvalue weighted by Gasteiger charge is 2.20. The summed E-state index contributed by atoms with van der Waals surface area (Å²) in [6.07, 6.45) is 1.25. The van der Waals surface area contributed by atoms with Crippen LogP contribution in [0.4, 0.5) is 0 Å². The Hall–Kier alpha value is -0.640. The van der Waals surface area contributed by atoms with Gasteiger partial charge in [0.05, 0.1) is 13.2 Å². The Balaban J connectivity index is 3.64. The average molecular weight is 182 g/mol. The molecule has 0 saturated heterocycles. The van der Waals surface area contributed by atoms with Gasteiger partial charge >= 0.3 is 7.82 Å². The second-order valence-corrected chi connectivity index (χ2v) is 2.71. The number of phosphoric ester groups is 1. The summed E-state index contributed by atoms with van der Waals surface area (Å²) in [6, 6.07) is 0. The maximum atomic E-state index is 10.5. The molecule has 0 radical (unpaired) electrons. The predicted octanol–water partition coefficient (Wildman–Crippen LogP) is -0.902. The Bertz CT molecular complexity index is 189. The Kier molecular flexibility index (Phi) is 4.77. The molecular formula is C3H7N2O5P. The first-order chi connectivity index (χ1) is 5.12. The van der Waals surface area contributed by atoms with E-state index >= 15 is 0 Å². The molecule has 11 heavy (non-hydrogen) atoms. The number of hydroxylamine groups is 1. The van der Waals surface area contributed by atoms with Crippen molar-refractivity contribution in [3.05, 3.63) is 0 Å². The van der Waals surface area contributed by atoms with Crippen LogP contribution in [0, 0.1) is 11.5 Å². The van der Waals surface area contributed by atoms with E-state index < -0.39 is 14.4 Å². The van der Waals surface area contributed by atoms with Gasteiger partial charge in [0.1, 0.15) is 0 Å². The summed E-state index contributed by atoms with van der Waals surface area (Å²) in [5, 5.41) is 16.0. The molecule has 0 rings (SSSR count). The van der Waals surface area contributed by atoms with Crippen LogP contribution in [0.15, 0.2) is 0 Å². The number of aliphatic hydroxyl groups is 1.